The van der Waals surface area contributed by atoms with Crippen molar-refractivity contribution in [1.29, 1.82) is 0 Å². The predicted molar refractivity (Wildman–Crippen MR) is 104 cm³/mol. The average Bonchev–Trinajstić information content (AvgIpc) is 2.34. The molecule has 2 aromatic carbocycles. The first-order valence-electron chi connectivity index (χ1n) is 6.52. The molecule has 3 nitrogen and oxygen atoms in total. The van der Waals surface area contributed by atoms with Gasteiger partial charge in [0.25, 0.3) is 0 Å². The van der Waals surface area contributed by atoms with Gasteiger partial charge in [-0.1, -0.05) is 22.0 Å². The summed E-state index contributed by atoms with van der Waals surface area (Å²) in [5, 5.41) is 3.05. The fourth-order valence-corrected chi connectivity index (χ4v) is 2.63. The molecule has 6 heteroatoms. The number of guanidine groups is 1. The van der Waals surface area contributed by atoms with Gasteiger partial charge in [0.05, 0.1) is 6.54 Å². The molecule has 2 rings (SSSR count). The fraction of sp³-hybridized carbons (Fsp3) is 0.188. The Balaban J connectivity index is 0.00000242. The van der Waals surface area contributed by atoms with Gasteiger partial charge in [-0.15, -0.1) is 24.0 Å². The Morgan fingerprint density at radius 1 is 1.14 bits per heavy atom. The Kier molecular flexibility index (Phi) is 7.28. The number of hydrogen-bond donors (Lipinski definition) is 2. The Morgan fingerprint density at radius 3 is 2.36 bits per heavy atom. The molecule has 2 aromatic rings. The second kappa shape index (κ2) is 8.47. The van der Waals surface area contributed by atoms with Crippen molar-refractivity contribution in [2.24, 2.45) is 10.7 Å². The van der Waals surface area contributed by atoms with Crippen molar-refractivity contribution >= 4 is 51.6 Å². The fourth-order valence-electron chi connectivity index (χ4n) is 2.11. The zero-order valence-electron chi connectivity index (χ0n) is 12.4. The summed E-state index contributed by atoms with van der Waals surface area (Å²) in [6, 6.07) is 10.7. The number of rotatable bonds is 3. The third-order valence-electron chi connectivity index (χ3n) is 2.85. The quantitative estimate of drug-likeness (QED) is 0.380. The molecule has 0 aliphatic rings. The molecule has 0 aliphatic carbocycles. The third kappa shape index (κ3) is 5.92. The minimum atomic E-state index is -0.296. The zero-order chi connectivity index (χ0) is 15.4. The van der Waals surface area contributed by atoms with Crippen LogP contribution in [0.5, 0.6) is 0 Å². The molecule has 0 saturated carbocycles. The summed E-state index contributed by atoms with van der Waals surface area (Å²) < 4.78 is 14.0. The lowest BCUT2D eigenvalue weighted by Crippen LogP contribution is -2.22. The van der Waals surface area contributed by atoms with Crippen LogP contribution in [0, 0.1) is 19.7 Å². The van der Waals surface area contributed by atoms with E-state index in [1.807, 2.05) is 32.0 Å². The van der Waals surface area contributed by atoms with E-state index in [1.165, 1.54) is 12.1 Å². The highest BCUT2D eigenvalue weighted by molar-refractivity contribution is 14.0. The maximum absolute atomic E-state index is 13.3. The molecular weight excluding hydrogens is 460 g/mol. The number of benzene rings is 2. The second-order valence-electron chi connectivity index (χ2n) is 4.98. The van der Waals surface area contributed by atoms with Gasteiger partial charge in [-0.25, -0.2) is 9.38 Å². The van der Waals surface area contributed by atoms with Gasteiger partial charge in [-0.2, -0.15) is 0 Å². The van der Waals surface area contributed by atoms with E-state index in [1.54, 1.807) is 0 Å². The first-order valence-corrected chi connectivity index (χ1v) is 7.32. The molecule has 0 aliphatic heterocycles. The number of nitrogens with two attached hydrogens (primary N) is 1. The summed E-state index contributed by atoms with van der Waals surface area (Å²) >= 11 is 3.25. The molecule has 0 heterocycles. The molecule has 0 saturated heterocycles. The lowest BCUT2D eigenvalue weighted by Gasteiger charge is -2.08. The molecule has 0 radical (unpaired) electrons. The summed E-state index contributed by atoms with van der Waals surface area (Å²) in [7, 11) is 0. The van der Waals surface area contributed by atoms with E-state index in [9.17, 15) is 4.39 Å². The van der Waals surface area contributed by atoms with E-state index in [0.29, 0.717) is 17.0 Å². The van der Waals surface area contributed by atoms with Crippen LogP contribution in [0.3, 0.4) is 0 Å². The van der Waals surface area contributed by atoms with E-state index in [4.69, 9.17) is 5.73 Å². The van der Waals surface area contributed by atoms with Crippen molar-refractivity contribution in [2.75, 3.05) is 5.32 Å². The first kappa shape index (κ1) is 18.9. The Hall–Kier alpha value is -1.15. The van der Waals surface area contributed by atoms with Gasteiger partial charge in [0, 0.05) is 10.2 Å². The van der Waals surface area contributed by atoms with Crippen molar-refractivity contribution in [3.8, 4) is 0 Å². The number of anilines is 1. The Morgan fingerprint density at radius 2 is 1.77 bits per heavy atom. The minimum Gasteiger partial charge on any atom is -0.370 e. The minimum absolute atomic E-state index is 0. The lowest BCUT2D eigenvalue weighted by molar-refractivity contribution is 0.624. The summed E-state index contributed by atoms with van der Waals surface area (Å²) in [5.41, 5.74) is 9.82. The van der Waals surface area contributed by atoms with Gasteiger partial charge < -0.3 is 11.1 Å². The molecular formula is C16H18BrFIN3. The van der Waals surface area contributed by atoms with E-state index in [-0.39, 0.29) is 29.8 Å². The maximum Gasteiger partial charge on any atom is 0.193 e. The van der Waals surface area contributed by atoms with Crippen molar-refractivity contribution in [2.45, 2.75) is 20.4 Å². The van der Waals surface area contributed by atoms with Crippen LogP contribution in [0.15, 0.2) is 45.9 Å². The van der Waals surface area contributed by atoms with Crippen molar-refractivity contribution < 1.29 is 4.39 Å². The number of nitrogens with one attached hydrogen (secondary N) is 1. The van der Waals surface area contributed by atoms with E-state index in [2.05, 4.69) is 32.3 Å². The van der Waals surface area contributed by atoms with Crippen LogP contribution in [-0.4, -0.2) is 5.96 Å². The normalized spacial score (nSPS) is 11.0. The van der Waals surface area contributed by atoms with Gasteiger partial charge in [0.2, 0.25) is 0 Å². The maximum atomic E-state index is 13.3. The van der Waals surface area contributed by atoms with Gasteiger partial charge in [-0.05, 0) is 60.9 Å². The molecule has 118 valence electrons. The molecule has 22 heavy (non-hydrogen) atoms. The molecule has 0 bridgehead atoms. The summed E-state index contributed by atoms with van der Waals surface area (Å²) in [5.74, 6) is 0.01000. The largest absolute Gasteiger partial charge is 0.370 e. The number of aliphatic imine (C=N–C) groups is 1. The van der Waals surface area contributed by atoms with Gasteiger partial charge in [0.1, 0.15) is 5.82 Å². The lowest BCUT2D eigenvalue weighted by atomic mass is 10.1. The van der Waals surface area contributed by atoms with Crippen LogP contribution >= 0.6 is 39.9 Å². The number of aryl methyl sites for hydroxylation is 2. The highest BCUT2D eigenvalue weighted by atomic mass is 127. The second-order valence-corrected chi connectivity index (χ2v) is 5.90. The number of nitrogens with zero attached hydrogens (tertiary/aromatic N) is 1. The standard InChI is InChI=1S/C16H17BrFN3.HI/c1-10-3-11(2)5-15(4-10)21-16(19)20-9-12-6-13(17)8-14(18)7-12;/h3-8H,9H2,1-2H3,(H3,19,20,21);1H. The van der Waals surface area contributed by atoms with Crippen molar-refractivity contribution in [3.63, 3.8) is 0 Å². The van der Waals surface area contributed by atoms with Crippen LogP contribution < -0.4 is 11.1 Å². The average molecular weight is 478 g/mol. The molecule has 0 spiro atoms. The van der Waals surface area contributed by atoms with Crippen LogP contribution in [-0.2, 0) is 6.54 Å². The van der Waals surface area contributed by atoms with E-state index >= 15 is 0 Å². The van der Waals surface area contributed by atoms with Crippen LogP contribution in [0.2, 0.25) is 0 Å². The van der Waals surface area contributed by atoms with Gasteiger partial charge in [0.15, 0.2) is 5.96 Å². The van der Waals surface area contributed by atoms with E-state index in [0.717, 1.165) is 22.4 Å². The number of halogens is 3. The molecule has 0 unspecified atom stereocenters. The Labute approximate surface area is 155 Å². The highest BCUT2D eigenvalue weighted by Gasteiger charge is 2.00. The molecule has 0 atom stereocenters. The smallest absolute Gasteiger partial charge is 0.193 e. The molecule has 0 amide bonds. The summed E-state index contributed by atoms with van der Waals surface area (Å²) in [6.07, 6.45) is 0. The monoisotopic (exact) mass is 477 g/mol. The van der Waals surface area contributed by atoms with Gasteiger partial charge >= 0.3 is 0 Å². The molecule has 3 N–H and O–H groups in total. The topological polar surface area (TPSA) is 50.4 Å². The van der Waals surface area contributed by atoms with Crippen molar-refractivity contribution in [3.05, 3.63) is 63.4 Å². The third-order valence-corrected chi connectivity index (χ3v) is 3.31. The van der Waals surface area contributed by atoms with Crippen LogP contribution in [0.25, 0.3) is 0 Å². The zero-order valence-corrected chi connectivity index (χ0v) is 16.3. The molecule has 0 fully saturated rings. The van der Waals surface area contributed by atoms with E-state index < -0.39 is 0 Å². The molecule has 0 aromatic heterocycles. The summed E-state index contributed by atoms with van der Waals surface area (Å²) in [6.45, 7) is 4.37. The highest BCUT2D eigenvalue weighted by Crippen LogP contribution is 2.16. The SMILES string of the molecule is Cc1cc(C)cc(NC(N)=NCc2cc(F)cc(Br)c2)c1.I. The summed E-state index contributed by atoms with van der Waals surface area (Å²) in [4.78, 5) is 4.23. The Bertz CT molecular complexity index is 649. The van der Waals surface area contributed by atoms with Crippen LogP contribution in [0.4, 0.5) is 10.1 Å². The first-order chi connectivity index (χ1) is 9.92. The van der Waals surface area contributed by atoms with Crippen molar-refractivity contribution in [1.82, 2.24) is 0 Å². The van der Waals surface area contributed by atoms with Crippen LogP contribution in [0.1, 0.15) is 16.7 Å². The van der Waals surface area contributed by atoms with Gasteiger partial charge in [-0.3, -0.25) is 0 Å². The number of hydrogen-bond acceptors (Lipinski definition) is 1. The predicted octanol–water partition coefficient (Wildman–Crippen LogP) is 4.75.